The maximum absolute atomic E-state index is 11.0. The third-order valence-electron chi connectivity index (χ3n) is 2.41. The van der Waals surface area contributed by atoms with E-state index in [-0.39, 0.29) is 0 Å². The Bertz CT molecular complexity index is 580. The van der Waals surface area contributed by atoms with Crippen LogP contribution < -0.4 is 10.5 Å². The Morgan fingerprint density at radius 2 is 2.33 bits per heavy atom. The van der Waals surface area contributed by atoms with Gasteiger partial charge in [-0.15, -0.1) is 0 Å². The van der Waals surface area contributed by atoms with Crippen molar-refractivity contribution in [3.8, 4) is 5.75 Å². The van der Waals surface area contributed by atoms with E-state index in [1.165, 1.54) is 6.07 Å². The van der Waals surface area contributed by atoms with E-state index in [2.05, 4.69) is 5.10 Å². The summed E-state index contributed by atoms with van der Waals surface area (Å²) >= 11 is 6.04. The quantitative estimate of drug-likeness (QED) is 0.916. The smallest absolute Gasteiger partial charge is 0.248 e. The van der Waals surface area contributed by atoms with Crippen LogP contribution in [0.4, 0.5) is 0 Å². The molecule has 0 saturated heterocycles. The highest BCUT2D eigenvalue weighted by atomic mass is 35.5. The third-order valence-corrected chi connectivity index (χ3v) is 2.76. The molecule has 1 heterocycles. The Kier molecular flexibility index (Phi) is 3.53. The molecule has 1 aromatic heterocycles. The number of amides is 1. The molecule has 0 aliphatic carbocycles. The number of primary amides is 1. The molecule has 2 aromatic rings. The van der Waals surface area contributed by atoms with Gasteiger partial charge in [0.05, 0.1) is 12.4 Å². The Morgan fingerprint density at radius 3 is 2.89 bits per heavy atom. The second-order valence-electron chi connectivity index (χ2n) is 3.81. The number of carbonyl (C=O) groups is 1. The van der Waals surface area contributed by atoms with Gasteiger partial charge in [-0.25, -0.2) is 0 Å². The second-order valence-corrected chi connectivity index (χ2v) is 4.22. The van der Waals surface area contributed by atoms with Crippen LogP contribution in [0.25, 0.3) is 0 Å². The Labute approximate surface area is 109 Å². The number of rotatable bonds is 4. The molecule has 0 fully saturated rings. The van der Waals surface area contributed by atoms with Crippen LogP contribution in [0.1, 0.15) is 15.9 Å². The summed E-state index contributed by atoms with van der Waals surface area (Å²) in [5.74, 6) is 0.157. The van der Waals surface area contributed by atoms with Gasteiger partial charge in [0.2, 0.25) is 5.91 Å². The lowest BCUT2D eigenvalue weighted by Gasteiger charge is -2.06. The van der Waals surface area contributed by atoms with Gasteiger partial charge in [0.1, 0.15) is 6.61 Å². The lowest BCUT2D eigenvalue weighted by atomic mass is 10.1. The molecule has 2 rings (SSSR count). The molecule has 0 bridgehead atoms. The maximum Gasteiger partial charge on any atom is 0.248 e. The van der Waals surface area contributed by atoms with Crippen LogP contribution in [0.5, 0.6) is 5.75 Å². The van der Waals surface area contributed by atoms with Crippen molar-refractivity contribution in [3.05, 3.63) is 46.7 Å². The molecular formula is C12H12ClN3O2. The van der Waals surface area contributed by atoms with Crippen LogP contribution in [0, 0.1) is 0 Å². The second kappa shape index (κ2) is 5.10. The fraction of sp³-hybridized carbons (Fsp3) is 0.167. The van der Waals surface area contributed by atoms with Crippen molar-refractivity contribution in [3.63, 3.8) is 0 Å². The average molecular weight is 266 g/mol. The molecule has 0 spiro atoms. The molecule has 0 saturated carbocycles. The van der Waals surface area contributed by atoms with Crippen molar-refractivity contribution in [2.75, 3.05) is 0 Å². The van der Waals surface area contributed by atoms with Crippen molar-refractivity contribution in [1.29, 1.82) is 0 Å². The molecule has 0 unspecified atom stereocenters. The van der Waals surface area contributed by atoms with Crippen LogP contribution in [0.15, 0.2) is 30.6 Å². The van der Waals surface area contributed by atoms with E-state index in [1.54, 1.807) is 29.2 Å². The number of benzene rings is 1. The van der Waals surface area contributed by atoms with E-state index in [0.717, 1.165) is 5.56 Å². The van der Waals surface area contributed by atoms with Gasteiger partial charge < -0.3 is 10.5 Å². The zero-order valence-corrected chi connectivity index (χ0v) is 10.5. The van der Waals surface area contributed by atoms with Crippen molar-refractivity contribution in [2.45, 2.75) is 6.61 Å². The van der Waals surface area contributed by atoms with Gasteiger partial charge >= 0.3 is 0 Å². The van der Waals surface area contributed by atoms with Crippen molar-refractivity contribution in [2.24, 2.45) is 12.8 Å². The lowest BCUT2D eigenvalue weighted by molar-refractivity contribution is 0.1000. The van der Waals surface area contributed by atoms with E-state index in [1.807, 2.05) is 7.05 Å². The number of hydrogen-bond donors (Lipinski definition) is 1. The molecule has 0 radical (unpaired) electrons. The molecule has 5 nitrogen and oxygen atoms in total. The number of nitrogens with zero attached hydrogens (tertiary/aromatic N) is 2. The minimum Gasteiger partial charge on any atom is -0.486 e. The molecule has 2 N–H and O–H groups in total. The lowest BCUT2D eigenvalue weighted by Crippen LogP contribution is -2.11. The van der Waals surface area contributed by atoms with E-state index >= 15 is 0 Å². The fourth-order valence-corrected chi connectivity index (χ4v) is 1.69. The number of ether oxygens (including phenoxy) is 1. The number of aryl methyl sites for hydroxylation is 1. The summed E-state index contributed by atoms with van der Waals surface area (Å²) in [7, 11) is 1.81. The summed E-state index contributed by atoms with van der Waals surface area (Å²) < 4.78 is 7.16. The van der Waals surface area contributed by atoms with Gasteiger partial charge in [-0.1, -0.05) is 17.7 Å². The summed E-state index contributed by atoms with van der Waals surface area (Å²) in [6.45, 7) is 0.309. The first-order valence-corrected chi connectivity index (χ1v) is 5.64. The molecule has 6 heteroatoms. The minimum atomic E-state index is -0.503. The van der Waals surface area contributed by atoms with Crippen LogP contribution in [0.2, 0.25) is 5.02 Å². The summed E-state index contributed by atoms with van der Waals surface area (Å²) in [6.07, 6.45) is 3.37. The average Bonchev–Trinajstić information content (AvgIpc) is 2.73. The first-order valence-electron chi connectivity index (χ1n) is 5.26. The highest BCUT2D eigenvalue weighted by molar-refractivity contribution is 6.31. The molecule has 0 aliphatic heterocycles. The van der Waals surface area contributed by atoms with E-state index in [4.69, 9.17) is 22.1 Å². The highest BCUT2D eigenvalue weighted by Gasteiger charge is 2.06. The predicted octanol–water partition coefficient (Wildman–Crippen LogP) is 1.75. The summed E-state index contributed by atoms with van der Waals surface area (Å²) in [6, 6.07) is 4.88. The van der Waals surface area contributed by atoms with Crippen LogP contribution >= 0.6 is 11.6 Å². The normalized spacial score (nSPS) is 10.3. The molecule has 1 amide bonds. The van der Waals surface area contributed by atoms with Gasteiger partial charge in [0, 0.05) is 23.2 Å². The van der Waals surface area contributed by atoms with E-state index < -0.39 is 5.91 Å². The monoisotopic (exact) mass is 265 g/mol. The zero-order chi connectivity index (χ0) is 13.1. The Morgan fingerprint density at radius 1 is 1.56 bits per heavy atom. The maximum atomic E-state index is 11.0. The van der Waals surface area contributed by atoms with Crippen LogP contribution in [-0.4, -0.2) is 15.7 Å². The first-order chi connectivity index (χ1) is 8.56. The van der Waals surface area contributed by atoms with Crippen molar-refractivity contribution >= 4 is 17.5 Å². The summed E-state index contributed by atoms with van der Waals surface area (Å²) in [4.78, 5) is 11.0. The van der Waals surface area contributed by atoms with Gasteiger partial charge in [-0.05, 0) is 12.1 Å². The van der Waals surface area contributed by atoms with Gasteiger partial charge in [-0.3, -0.25) is 9.48 Å². The predicted molar refractivity (Wildman–Crippen MR) is 67.5 cm³/mol. The fourth-order valence-electron chi connectivity index (χ4n) is 1.45. The van der Waals surface area contributed by atoms with Gasteiger partial charge in [0.25, 0.3) is 0 Å². The Hall–Kier alpha value is -2.01. The van der Waals surface area contributed by atoms with Crippen LogP contribution in [0.3, 0.4) is 0 Å². The first kappa shape index (κ1) is 12.4. The standard InChI is InChI=1S/C12H12ClN3O2/c1-16-6-10(5-15-16)18-7-9-3-2-8(12(14)17)4-11(9)13/h2-6H,7H2,1H3,(H2,14,17). The van der Waals surface area contributed by atoms with Crippen molar-refractivity contribution < 1.29 is 9.53 Å². The molecule has 0 aliphatic rings. The third kappa shape index (κ3) is 2.81. The minimum absolute atomic E-state index is 0.309. The van der Waals surface area contributed by atoms with E-state index in [9.17, 15) is 4.79 Å². The topological polar surface area (TPSA) is 70.1 Å². The molecule has 1 aromatic carbocycles. The van der Waals surface area contributed by atoms with E-state index in [0.29, 0.717) is 22.9 Å². The zero-order valence-electron chi connectivity index (χ0n) is 9.76. The Balaban J connectivity index is 2.08. The SMILES string of the molecule is Cn1cc(OCc2ccc(C(N)=O)cc2Cl)cn1. The number of carbonyl (C=O) groups excluding carboxylic acids is 1. The number of nitrogens with two attached hydrogens (primary N) is 1. The number of hydrogen-bond acceptors (Lipinski definition) is 3. The summed E-state index contributed by atoms with van der Waals surface area (Å²) in [5, 5.41) is 4.44. The molecule has 94 valence electrons. The van der Waals surface area contributed by atoms with Crippen molar-refractivity contribution in [1.82, 2.24) is 9.78 Å². The number of halogens is 1. The van der Waals surface area contributed by atoms with Gasteiger partial charge in [-0.2, -0.15) is 5.10 Å². The summed E-state index contributed by atoms with van der Waals surface area (Å²) in [5.41, 5.74) is 6.32. The molecule has 0 atom stereocenters. The molecule has 18 heavy (non-hydrogen) atoms. The molecular weight excluding hydrogens is 254 g/mol. The number of aromatic nitrogens is 2. The van der Waals surface area contributed by atoms with Gasteiger partial charge in [0.15, 0.2) is 5.75 Å². The highest BCUT2D eigenvalue weighted by Crippen LogP contribution is 2.20. The largest absolute Gasteiger partial charge is 0.486 e. The van der Waals surface area contributed by atoms with Crippen LogP contribution in [-0.2, 0) is 13.7 Å².